The summed E-state index contributed by atoms with van der Waals surface area (Å²) in [5.41, 5.74) is 1.86. The largest absolute Gasteiger partial charge is 0.495 e. The maximum absolute atomic E-state index is 12.0. The van der Waals surface area contributed by atoms with Crippen LogP contribution in [0.5, 0.6) is 5.75 Å². The lowest BCUT2D eigenvalue weighted by atomic mass is 10.2. The van der Waals surface area contributed by atoms with Crippen LogP contribution < -0.4 is 20.3 Å². The third-order valence-corrected chi connectivity index (χ3v) is 5.60. The lowest BCUT2D eigenvalue weighted by Crippen LogP contribution is -2.36. The second kappa shape index (κ2) is 9.97. The number of thiophene rings is 1. The molecule has 152 valence electrons. The zero-order valence-electron chi connectivity index (χ0n) is 15.6. The van der Waals surface area contributed by atoms with Crippen molar-refractivity contribution in [3.63, 3.8) is 0 Å². The Morgan fingerprint density at radius 1 is 1.32 bits per heavy atom. The number of methoxy groups -OCH3 is 1. The number of morpholine rings is 1. The number of carbonyl (C=O) groups is 1. The van der Waals surface area contributed by atoms with Gasteiger partial charge >= 0.3 is 0 Å². The zero-order valence-corrected chi connectivity index (χ0v) is 17.2. The molecule has 3 N–H and O–H groups in total. The Morgan fingerprint density at radius 2 is 2.11 bits per heavy atom. The molecule has 0 spiro atoms. The summed E-state index contributed by atoms with van der Waals surface area (Å²) in [4.78, 5) is 14.7. The summed E-state index contributed by atoms with van der Waals surface area (Å²) < 4.78 is 11.5. The molecule has 0 radical (unpaired) electrons. The fraction of sp³-hybridized carbons (Fsp3) is 0.421. The minimum absolute atomic E-state index is 0.143. The standard InChI is InChI=1S/C19H24ClN3O4S/c1-26-16-10-13(2-3-15(16)23-6-8-27-9-7-23)21-11-14(24)12-22-19(25)17-4-5-18(20)28-17/h2-5,10,14,21,24H,6-9,11-12H2,1H3,(H,22,25). The summed E-state index contributed by atoms with van der Waals surface area (Å²) in [5.74, 6) is 0.525. The molecule has 0 bridgehead atoms. The number of halogens is 1. The third kappa shape index (κ3) is 5.51. The molecule has 1 atom stereocenters. The highest BCUT2D eigenvalue weighted by atomic mass is 35.5. The predicted octanol–water partition coefficient (Wildman–Crippen LogP) is 2.45. The number of nitrogens with zero attached hydrogens (tertiary/aromatic N) is 1. The van der Waals surface area contributed by atoms with Gasteiger partial charge in [0.15, 0.2) is 0 Å². The van der Waals surface area contributed by atoms with Gasteiger partial charge in [-0.3, -0.25) is 4.79 Å². The normalized spacial score (nSPS) is 15.2. The van der Waals surface area contributed by atoms with Crippen LogP contribution in [0.25, 0.3) is 0 Å². The van der Waals surface area contributed by atoms with E-state index in [2.05, 4.69) is 15.5 Å². The van der Waals surface area contributed by atoms with Gasteiger partial charge in [0.1, 0.15) is 5.75 Å². The Kier molecular flexibility index (Phi) is 7.38. The van der Waals surface area contributed by atoms with E-state index < -0.39 is 6.10 Å². The quantitative estimate of drug-likeness (QED) is 0.602. The lowest BCUT2D eigenvalue weighted by Gasteiger charge is -2.30. The van der Waals surface area contributed by atoms with E-state index in [9.17, 15) is 9.90 Å². The lowest BCUT2D eigenvalue weighted by molar-refractivity contribution is 0.0926. The van der Waals surface area contributed by atoms with Crippen molar-refractivity contribution in [2.45, 2.75) is 6.10 Å². The SMILES string of the molecule is COc1cc(NCC(O)CNC(=O)c2ccc(Cl)s2)ccc1N1CCOCC1. The number of amides is 1. The molecule has 9 heteroatoms. The van der Waals surface area contributed by atoms with Crippen LogP contribution in [0, 0.1) is 0 Å². The first-order valence-corrected chi connectivity index (χ1v) is 10.2. The summed E-state index contributed by atoms with van der Waals surface area (Å²) >= 11 is 7.04. The van der Waals surface area contributed by atoms with Crippen LogP contribution >= 0.6 is 22.9 Å². The molecular formula is C19H24ClN3O4S. The smallest absolute Gasteiger partial charge is 0.261 e. The Hall–Kier alpha value is -2.00. The number of hydrogen-bond acceptors (Lipinski definition) is 7. The van der Waals surface area contributed by atoms with Crippen molar-refractivity contribution >= 4 is 40.2 Å². The Morgan fingerprint density at radius 3 is 2.79 bits per heavy atom. The summed E-state index contributed by atoms with van der Waals surface area (Å²) in [6, 6.07) is 9.19. The molecule has 28 heavy (non-hydrogen) atoms. The Bertz CT molecular complexity index is 795. The number of anilines is 2. The van der Waals surface area contributed by atoms with Crippen LogP contribution in [0.15, 0.2) is 30.3 Å². The maximum Gasteiger partial charge on any atom is 0.261 e. The summed E-state index contributed by atoms with van der Waals surface area (Å²) in [5, 5.41) is 16.0. The minimum atomic E-state index is -0.732. The first kappa shape index (κ1) is 20.7. The van der Waals surface area contributed by atoms with Crippen LogP contribution in [0.4, 0.5) is 11.4 Å². The van der Waals surface area contributed by atoms with Crippen LogP contribution in [0.1, 0.15) is 9.67 Å². The zero-order chi connectivity index (χ0) is 19.9. The molecule has 1 aliphatic heterocycles. The molecule has 1 amide bonds. The molecule has 0 aliphatic carbocycles. The van der Waals surface area contributed by atoms with Crippen molar-refractivity contribution in [3.05, 3.63) is 39.5 Å². The van der Waals surface area contributed by atoms with Gasteiger partial charge in [-0.25, -0.2) is 0 Å². The van der Waals surface area contributed by atoms with Crippen molar-refractivity contribution in [1.29, 1.82) is 0 Å². The second-order valence-corrected chi connectivity index (χ2v) is 8.05. The van der Waals surface area contributed by atoms with Crippen LogP contribution in [0.3, 0.4) is 0 Å². The van der Waals surface area contributed by atoms with Gasteiger partial charge in [0, 0.05) is 37.9 Å². The minimum Gasteiger partial charge on any atom is -0.495 e. The molecule has 1 unspecified atom stereocenters. The van der Waals surface area contributed by atoms with Crippen molar-refractivity contribution in [2.75, 3.05) is 56.7 Å². The van der Waals surface area contributed by atoms with E-state index in [1.807, 2.05) is 18.2 Å². The summed E-state index contributed by atoms with van der Waals surface area (Å²) in [6.07, 6.45) is -0.732. The molecular weight excluding hydrogens is 402 g/mol. The number of ether oxygens (including phenoxy) is 2. The molecule has 1 aliphatic rings. The van der Waals surface area contributed by atoms with Crippen molar-refractivity contribution < 1.29 is 19.4 Å². The first-order chi connectivity index (χ1) is 13.6. The second-order valence-electron chi connectivity index (χ2n) is 6.33. The predicted molar refractivity (Wildman–Crippen MR) is 112 cm³/mol. The molecule has 0 saturated carbocycles. The number of aliphatic hydroxyl groups is 1. The molecule has 7 nitrogen and oxygen atoms in total. The van der Waals surface area contributed by atoms with Crippen molar-refractivity contribution in [1.82, 2.24) is 5.32 Å². The number of carbonyl (C=O) groups excluding carboxylic acids is 1. The summed E-state index contributed by atoms with van der Waals surface area (Å²) in [7, 11) is 1.64. The third-order valence-electron chi connectivity index (χ3n) is 4.37. The van der Waals surface area contributed by atoms with E-state index in [1.165, 1.54) is 11.3 Å². The van der Waals surface area contributed by atoms with Gasteiger partial charge in [0.25, 0.3) is 5.91 Å². The Labute approximate surface area is 173 Å². The highest BCUT2D eigenvalue weighted by Gasteiger charge is 2.16. The maximum atomic E-state index is 12.0. The van der Waals surface area contributed by atoms with E-state index in [4.69, 9.17) is 21.1 Å². The topological polar surface area (TPSA) is 83.1 Å². The Balaban J connectivity index is 1.50. The molecule has 2 aromatic rings. The highest BCUT2D eigenvalue weighted by Crippen LogP contribution is 2.31. The van der Waals surface area contributed by atoms with Crippen molar-refractivity contribution in [3.8, 4) is 5.75 Å². The van der Waals surface area contributed by atoms with Crippen molar-refractivity contribution in [2.24, 2.45) is 0 Å². The van der Waals surface area contributed by atoms with Gasteiger partial charge in [-0.15, -0.1) is 11.3 Å². The number of aliphatic hydroxyl groups excluding tert-OH is 1. The van der Waals surface area contributed by atoms with Crippen LogP contribution in [-0.4, -0.2) is 63.6 Å². The average Bonchev–Trinajstić information content (AvgIpc) is 3.17. The van der Waals surface area contributed by atoms with E-state index in [0.29, 0.717) is 29.0 Å². The highest BCUT2D eigenvalue weighted by molar-refractivity contribution is 7.17. The fourth-order valence-corrected chi connectivity index (χ4v) is 3.85. The number of rotatable bonds is 8. The molecule has 1 aromatic heterocycles. The van der Waals surface area contributed by atoms with Gasteiger partial charge in [-0.1, -0.05) is 11.6 Å². The fourth-order valence-electron chi connectivity index (χ4n) is 2.89. The van der Waals surface area contributed by atoms with Gasteiger partial charge in [0.05, 0.1) is 41.3 Å². The van der Waals surface area contributed by atoms with Crippen LogP contribution in [0.2, 0.25) is 4.34 Å². The van der Waals surface area contributed by atoms with E-state index in [0.717, 1.165) is 30.2 Å². The molecule has 2 heterocycles. The van der Waals surface area contributed by atoms with Gasteiger partial charge in [-0.05, 0) is 24.3 Å². The molecule has 1 aromatic carbocycles. The first-order valence-electron chi connectivity index (χ1n) is 9.03. The monoisotopic (exact) mass is 425 g/mol. The average molecular weight is 426 g/mol. The van der Waals surface area contributed by atoms with Gasteiger partial charge in [-0.2, -0.15) is 0 Å². The van der Waals surface area contributed by atoms with Crippen LogP contribution in [-0.2, 0) is 4.74 Å². The molecule has 3 rings (SSSR count). The molecule has 1 fully saturated rings. The van der Waals surface area contributed by atoms with Gasteiger partial charge < -0.3 is 30.1 Å². The number of nitrogens with one attached hydrogen (secondary N) is 2. The van der Waals surface area contributed by atoms with Gasteiger partial charge in [0.2, 0.25) is 0 Å². The number of hydrogen-bond donors (Lipinski definition) is 3. The van der Waals surface area contributed by atoms with E-state index in [1.54, 1.807) is 19.2 Å². The van der Waals surface area contributed by atoms with E-state index >= 15 is 0 Å². The van der Waals surface area contributed by atoms with E-state index in [-0.39, 0.29) is 12.5 Å². The summed E-state index contributed by atoms with van der Waals surface area (Å²) in [6.45, 7) is 3.52. The molecule has 1 saturated heterocycles. The number of benzene rings is 1.